The fraction of sp³-hybridized carbons (Fsp3) is 0.357. The highest BCUT2D eigenvalue weighted by Crippen LogP contribution is 2.30. The number of nitrogens with zero attached hydrogens (tertiary/aromatic N) is 5. The van der Waals surface area contributed by atoms with Crippen LogP contribution < -0.4 is 20.2 Å². The zero-order chi connectivity index (χ0) is 26.8. The molecule has 9 nitrogen and oxygen atoms in total. The van der Waals surface area contributed by atoms with E-state index in [0.717, 1.165) is 49.7 Å². The van der Waals surface area contributed by atoms with Crippen molar-refractivity contribution in [2.24, 2.45) is 0 Å². The van der Waals surface area contributed by atoms with Gasteiger partial charge in [-0.25, -0.2) is 9.37 Å². The number of hydrogen-bond donors (Lipinski definition) is 1. The maximum Gasteiger partial charge on any atom is 0.284 e. The smallest absolute Gasteiger partial charge is 0.284 e. The Morgan fingerprint density at radius 2 is 1.84 bits per heavy atom. The molecule has 2 aliphatic rings. The second-order valence-electron chi connectivity index (χ2n) is 9.70. The molecule has 1 aliphatic carbocycles. The van der Waals surface area contributed by atoms with E-state index in [1.165, 1.54) is 31.5 Å². The van der Waals surface area contributed by atoms with Crippen molar-refractivity contribution in [2.45, 2.75) is 38.6 Å². The summed E-state index contributed by atoms with van der Waals surface area (Å²) in [5.74, 6) is -0.596. The number of nitrogens with one attached hydrogen (secondary N) is 1. The molecule has 1 saturated heterocycles. The van der Waals surface area contributed by atoms with E-state index in [1.54, 1.807) is 25.3 Å². The molecule has 1 saturated carbocycles. The summed E-state index contributed by atoms with van der Waals surface area (Å²) in [7, 11) is 3.41. The van der Waals surface area contributed by atoms with Crippen molar-refractivity contribution in [3.05, 3.63) is 71.4 Å². The highest BCUT2D eigenvalue weighted by molar-refractivity contribution is 6.08. The third-order valence-electron chi connectivity index (χ3n) is 6.98. The van der Waals surface area contributed by atoms with Crippen molar-refractivity contribution in [3.63, 3.8) is 0 Å². The first-order valence-corrected chi connectivity index (χ1v) is 12.7. The van der Waals surface area contributed by atoms with Crippen molar-refractivity contribution >= 4 is 34.7 Å². The van der Waals surface area contributed by atoms with Crippen LogP contribution in [0.5, 0.6) is 0 Å². The summed E-state index contributed by atoms with van der Waals surface area (Å²) in [6.45, 7) is 3.38. The number of aryl methyl sites for hydroxylation is 1. The summed E-state index contributed by atoms with van der Waals surface area (Å²) in [4.78, 5) is 44.8. The van der Waals surface area contributed by atoms with Crippen LogP contribution in [0, 0.1) is 12.7 Å². The van der Waals surface area contributed by atoms with Gasteiger partial charge in [0.1, 0.15) is 11.6 Å². The predicted molar refractivity (Wildman–Crippen MR) is 144 cm³/mol. The molecular weight excluding hydrogens is 487 g/mol. The van der Waals surface area contributed by atoms with Crippen LogP contribution in [0.2, 0.25) is 0 Å². The normalized spacial score (nSPS) is 14.9. The van der Waals surface area contributed by atoms with Gasteiger partial charge in [-0.15, -0.1) is 0 Å². The maximum absolute atomic E-state index is 14.3. The monoisotopic (exact) mass is 518 g/mol. The van der Waals surface area contributed by atoms with Crippen LogP contribution in [0.15, 0.2) is 48.8 Å². The molecule has 2 aromatic heterocycles. The molecule has 0 bridgehead atoms. The molecule has 10 heteroatoms. The summed E-state index contributed by atoms with van der Waals surface area (Å²) >= 11 is 0. The molecule has 3 aromatic rings. The van der Waals surface area contributed by atoms with Gasteiger partial charge in [0.25, 0.3) is 11.8 Å². The number of aromatic nitrogens is 2. The number of carbonyl (C=O) groups is 2. The van der Waals surface area contributed by atoms with Gasteiger partial charge >= 0.3 is 0 Å². The first-order valence-electron chi connectivity index (χ1n) is 12.7. The number of amides is 2. The zero-order valence-corrected chi connectivity index (χ0v) is 21.8. The van der Waals surface area contributed by atoms with E-state index < -0.39 is 17.6 Å². The van der Waals surface area contributed by atoms with Crippen LogP contribution >= 0.6 is 0 Å². The molecule has 2 fully saturated rings. The number of benzene rings is 1. The number of anilines is 4. The van der Waals surface area contributed by atoms with Crippen LogP contribution in [-0.4, -0.2) is 55.1 Å². The number of halogens is 1. The van der Waals surface area contributed by atoms with Gasteiger partial charge in [0.15, 0.2) is 0 Å². The lowest BCUT2D eigenvalue weighted by atomic mass is 10.1. The molecule has 1 aliphatic heterocycles. The van der Waals surface area contributed by atoms with Crippen LogP contribution in [0.3, 0.4) is 0 Å². The van der Waals surface area contributed by atoms with Gasteiger partial charge in [0.2, 0.25) is 0 Å². The molecule has 0 spiro atoms. The molecule has 5 rings (SSSR count). The van der Waals surface area contributed by atoms with Gasteiger partial charge < -0.3 is 15.1 Å². The quantitative estimate of drug-likeness (QED) is 0.437. The molecule has 2 amide bonds. The van der Waals surface area contributed by atoms with E-state index in [4.69, 9.17) is 4.84 Å². The van der Waals surface area contributed by atoms with E-state index in [0.29, 0.717) is 28.8 Å². The van der Waals surface area contributed by atoms with Crippen molar-refractivity contribution in [1.82, 2.24) is 9.97 Å². The Balaban J connectivity index is 1.34. The van der Waals surface area contributed by atoms with E-state index in [-0.39, 0.29) is 11.1 Å². The molecule has 0 radical (unpaired) electrons. The number of carbonyl (C=O) groups excluding carboxylic acids is 2. The first-order chi connectivity index (χ1) is 18.3. The molecule has 1 aromatic carbocycles. The average molecular weight is 519 g/mol. The van der Waals surface area contributed by atoms with Crippen molar-refractivity contribution in [2.75, 3.05) is 47.4 Å². The molecule has 198 valence electrons. The van der Waals surface area contributed by atoms with Crippen molar-refractivity contribution in [1.29, 1.82) is 0 Å². The van der Waals surface area contributed by atoms with Crippen molar-refractivity contribution in [3.8, 4) is 0 Å². The zero-order valence-electron chi connectivity index (χ0n) is 21.8. The molecular formula is C28H31FN6O3. The summed E-state index contributed by atoms with van der Waals surface area (Å²) < 4.78 is 14.3. The van der Waals surface area contributed by atoms with E-state index in [2.05, 4.69) is 25.1 Å². The van der Waals surface area contributed by atoms with Crippen LogP contribution in [0.25, 0.3) is 0 Å². The summed E-state index contributed by atoms with van der Waals surface area (Å²) in [5, 5.41) is 3.88. The highest BCUT2D eigenvalue weighted by Gasteiger charge is 2.28. The fourth-order valence-electron chi connectivity index (χ4n) is 4.66. The van der Waals surface area contributed by atoms with Crippen molar-refractivity contribution < 1.29 is 18.8 Å². The minimum Gasteiger partial charge on any atom is -0.371 e. The topological polar surface area (TPSA) is 90.9 Å². The Morgan fingerprint density at radius 1 is 1.08 bits per heavy atom. The second kappa shape index (κ2) is 10.7. The molecule has 38 heavy (non-hydrogen) atoms. The number of hydrogen-bond acceptors (Lipinski definition) is 7. The maximum atomic E-state index is 14.3. The van der Waals surface area contributed by atoms with Crippen LogP contribution in [0.4, 0.5) is 27.3 Å². The lowest BCUT2D eigenvalue weighted by molar-refractivity contribution is 0.0771. The largest absolute Gasteiger partial charge is 0.371 e. The highest BCUT2D eigenvalue weighted by atomic mass is 19.1. The Hall–Kier alpha value is -4.05. The molecule has 0 atom stereocenters. The Labute approximate surface area is 221 Å². The van der Waals surface area contributed by atoms with Crippen LogP contribution in [-0.2, 0) is 4.84 Å². The van der Waals surface area contributed by atoms with E-state index in [9.17, 15) is 14.0 Å². The van der Waals surface area contributed by atoms with E-state index >= 15 is 0 Å². The third-order valence-corrected chi connectivity index (χ3v) is 6.98. The standard InChI is InChI=1S/C28H31FN6O3/c1-18-25(28(37)35(38-3)23-8-9-26(31-17-23)33(2)22-6-7-22)15-21(16-30-18)32-27(36)19-12-20(29)14-24(13-19)34-10-4-5-11-34/h8-9,12-17,22H,4-7,10-11H2,1-3H3,(H,32,36). The molecule has 0 unspecified atom stereocenters. The second-order valence-corrected chi connectivity index (χ2v) is 9.70. The SMILES string of the molecule is CON(C(=O)c1cc(NC(=O)c2cc(F)cc(N3CCCC3)c2)cnc1C)c1ccc(N(C)C2CC2)nc1. The summed E-state index contributed by atoms with van der Waals surface area (Å²) in [6, 6.07) is 10.0. The number of rotatable bonds is 8. The van der Waals surface area contributed by atoms with Gasteiger partial charge in [-0.05, 0) is 69.0 Å². The minimum atomic E-state index is -0.489. The number of hydroxylamine groups is 1. The lowest BCUT2D eigenvalue weighted by Gasteiger charge is -2.22. The molecule has 1 N–H and O–H groups in total. The average Bonchev–Trinajstić information content (AvgIpc) is 3.62. The van der Waals surface area contributed by atoms with Gasteiger partial charge in [-0.1, -0.05) is 0 Å². The molecule has 3 heterocycles. The van der Waals surface area contributed by atoms with Gasteiger partial charge in [-0.2, -0.15) is 5.06 Å². The lowest BCUT2D eigenvalue weighted by Crippen LogP contribution is -2.31. The Bertz CT molecular complexity index is 1340. The summed E-state index contributed by atoms with van der Waals surface area (Å²) in [6.07, 6.45) is 7.44. The van der Waals surface area contributed by atoms with E-state index in [1.807, 2.05) is 13.1 Å². The first kappa shape index (κ1) is 25.6. The van der Waals surface area contributed by atoms with Gasteiger partial charge in [0, 0.05) is 37.4 Å². The summed E-state index contributed by atoms with van der Waals surface area (Å²) in [5.41, 5.74) is 2.38. The van der Waals surface area contributed by atoms with Gasteiger partial charge in [0.05, 0.1) is 42.1 Å². The predicted octanol–water partition coefficient (Wildman–Crippen LogP) is 4.58. The Kier molecular flexibility index (Phi) is 7.24. The van der Waals surface area contributed by atoms with Gasteiger partial charge in [-0.3, -0.25) is 19.4 Å². The minimum absolute atomic E-state index is 0.196. The third kappa shape index (κ3) is 5.45. The van der Waals surface area contributed by atoms with Crippen LogP contribution in [0.1, 0.15) is 52.1 Å². The number of pyridine rings is 2. The Morgan fingerprint density at radius 3 is 2.50 bits per heavy atom. The fourth-order valence-corrected chi connectivity index (χ4v) is 4.66.